The summed E-state index contributed by atoms with van der Waals surface area (Å²) in [6, 6.07) is 21.7. The van der Waals surface area contributed by atoms with Gasteiger partial charge >= 0.3 is 0 Å². The molecule has 0 unspecified atom stereocenters. The van der Waals surface area contributed by atoms with Gasteiger partial charge in [-0.2, -0.15) is 0 Å². The molecule has 0 spiro atoms. The number of nitrogens with zero attached hydrogens (tertiary/aromatic N) is 1. The van der Waals surface area contributed by atoms with E-state index in [0.717, 1.165) is 55.5 Å². The Morgan fingerprint density at radius 3 is 2.26 bits per heavy atom. The van der Waals surface area contributed by atoms with Gasteiger partial charge in [0.05, 0.1) is 11.3 Å². The molecule has 1 heterocycles. The van der Waals surface area contributed by atoms with Gasteiger partial charge in [-0.25, -0.2) is 0 Å². The summed E-state index contributed by atoms with van der Waals surface area (Å²) < 4.78 is 0. The van der Waals surface area contributed by atoms with E-state index in [1.165, 1.54) is 19.9 Å². The largest absolute Gasteiger partial charge is 0.512 e. The standard InChI is InChI=1S/C25H18NO.C5H8O2.Ir/c1-14-8-9-18-20(13-14)25(27)23-22(18)19-6-4-5-7-21(19)26-24(23)17-11-15(2)10-16(3)12-17;1-4(6)3-5(2)7;/h4-11,13H,1-3H3;3,6H,1-2H3;/q-1;;/b;4-3-;. The van der Waals surface area contributed by atoms with E-state index in [0.29, 0.717) is 5.56 Å². The molecule has 4 nitrogen and oxygen atoms in total. The van der Waals surface area contributed by atoms with Crippen LogP contribution in [0.2, 0.25) is 0 Å². The minimum Gasteiger partial charge on any atom is -0.512 e. The fourth-order valence-electron chi connectivity index (χ4n) is 4.42. The van der Waals surface area contributed by atoms with E-state index in [1.54, 1.807) is 0 Å². The molecule has 0 amide bonds. The van der Waals surface area contributed by atoms with Crippen molar-refractivity contribution < 1.29 is 34.8 Å². The fraction of sp³-hybridized carbons (Fsp3) is 0.167. The summed E-state index contributed by atoms with van der Waals surface area (Å²) in [5.74, 6) is -0.00277. The van der Waals surface area contributed by atoms with Gasteiger partial charge in [0, 0.05) is 48.4 Å². The van der Waals surface area contributed by atoms with Crippen molar-refractivity contribution in [1.82, 2.24) is 4.98 Å². The molecule has 35 heavy (non-hydrogen) atoms. The number of aliphatic hydroxyl groups is 1. The second-order valence-corrected chi connectivity index (χ2v) is 8.76. The van der Waals surface area contributed by atoms with Crippen molar-refractivity contribution >= 4 is 22.5 Å². The number of hydrogen-bond acceptors (Lipinski definition) is 4. The van der Waals surface area contributed by atoms with Crippen molar-refractivity contribution in [2.24, 2.45) is 0 Å². The molecule has 0 atom stereocenters. The van der Waals surface area contributed by atoms with Gasteiger partial charge in [-0.3, -0.25) is 14.6 Å². The zero-order valence-corrected chi connectivity index (χ0v) is 22.7. The third kappa shape index (κ3) is 5.32. The van der Waals surface area contributed by atoms with E-state index in [-0.39, 0.29) is 37.4 Å². The van der Waals surface area contributed by atoms with Crippen LogP contribution in [0.25, 0.3) is 33.3 Å². The summed E-state index contributed by atoms with van der Waals surface area (Å²) in [5.41, 5.74) is 9.28. The van der Waals surface area contributed by atoms with E-state index in [1.807, 2.05) is 38.1 Å². The van der Waals surface area contributed by atoms with E-state index >= 15 is 0 Å². The van der Waals surface area contributed by atoms with E-state index in [4.69, 9.17) is 10.1 Å². The van der Waals surface area contributed by atoms with Gasteiger partial charge in [0.15, 0.2) is 11.6 Å². The van der Waals surface area contributed by atoms with Crippen LogP contribution in [0, 0.1) is 26.8 Å². The van der Waals surface area contributed by atoms with Gasteiger partial charge in [-0.15, -0.1) is 34.9 Å². The van der Waals surface area contributed by atoms with Crippen molar-refractivity contribution in [3.05, 3.63) is 100 Å². The normalized spacial score (nSPS) is 11.8. The van der Waals surface area contributed by atoms with Crippen molar-refractivity contribution in [2.45, 2.75) is 34.6 Å². The maximum Gasteiger partial charge on any atom is 0.187 e. The first-order valence-corrected chi connectivity index (χ1v) is 11.1. The number of para-hydroxylation sites is 1. The number of carbonyl (C=O) groups excluding carboxylic acids is 2. The molecular formula is C30H26IrNO3-. The van der Waals surface area contributed by atoms with Crippen LogP contribution in [0.15, 0.2) is 66.4 Å². The summed E-state index contributed by atoms with van der Waals surface area (Å²) in [4.78, 5) is 28.3. The number of ketones is 2. The molecule has 0 aliphatic heterocycles. The Bertz CT molecular complexity index is 1480. The van der Waals surface area contributed by atoms with Crippen molar-refractivity contribution in [2.75, 3.05) is 0 Å². The van der Waals surface area contributed by atoms with Crippen LogP contribution < -0.4 is 0 Å². The summed E-state index contributed by atoms with van der Waals surface area (Å²) in [6.07, 6.45) is 1.17. The molecule has 0 fully saturated rings. The van der Waals surface area contributed by atoms with Gasteiger partial charge in [-0.05, 0) is 44.0 Å². The van der Waals surface area contributed by atoms with Crippen molar-refractivity contribution in [3.8, 4) is 22.4 Å². The van der Waals surface area contributed by atoms with Crippen LogP contribution >= 0.6 is 0 Å². The number of allylic oxidation sites excluding steroid dienone is 2. The SMILES string of the molecule is CC(=O)/C=C(/C)O.Cc1[c-]c(-c2nc3ccccc3c3c2C(=O)c2cc(C)ccc2-3)cc(C)c1.[Ir]. The summed E-state index contributed by atoms with van der Waals surface area (Å²) in [6.45, 7) is 8.95. The number of benzene rings is 3. The van der Waals surface area contributed by atoms with Crippen molar-refractivity contribution in [3.63, 3.8) is 0 Å². The summed E-state index contributed by atoms with van der Waals surface area (Å²) >= 11 is 0. The Morgan fingerprint density at radius 2 is 1.63 bits per heavy atom. The maximum absolute atomic E-state index is 13.4. The minimum absolute atomic E-state index is 0. The van der Waals surface area contributed by atoms with Crippen LogP contribution in [0.5, 0.6) is 0 Å². The number of carbonyl (C=O) groups is 2. The molecule has 3 aromatic carbocycles. The molecular weight excluding hydrogens is 615 g/mol. The zero-order valence-electron chi connectivity index (χ0n) is 20.3. The summed E-state index contributed by atoms with van der Waals surface area (Å²) in [5, 5.41) is 9.39. The smallest absolute Gasteiger partial charge is 0.187 e. The third-order valence-electron chi connectivity index (χ3n) is 5.62. The molecule has 4 aromatic rings. The van der Waals surface area contributed by atoms with Gasteiger partial charge in [0.25, 0.3) is 0 Å². The Labute approximate surface area is 219 Å². The van der Waals surface area contributed by atoms with Crippen LogP contribution in [-0.4, -0.2) is 21.7 Å². The molecule has 5 rings (SSSR count). The van der Waals surface area contributed by atoms with Crippen LogP contribution in [0.1, 0.15) is 46.5 Å². The Morgan fingerprint density at radius 1 is 0.914 bits per heavy atom. The summed E-state index contributed by atoms with van der Waals surface area (Å²) in [7, 11) is 0. The van der Waals surface area contributed by atoms with Crippen LogP contribution in [0.4, 0.5) is 0 Å². The number of hydrogen-bond donors (Lipinski definition) is 1. The van der Waals surface area contributed by atoms with Crippen molar-refractivity contribution in [1.29, 1.82) is 0 Å². The molecule has 0 bridgehead atoms. The van der Waals surface area contributed by atoms with E-state index in [9.17, 15) is 9.59 Å². The van der Waals surface area contributed by atoms with Gasteiger partial charge in [-0.1, -0.05) is 49.7 Å². The second kappa shape index (κ2) is 10.5. The molecule has 5 heteroatoms. The Kier molecular flexibility index (Phi) is 7.84. The molecule has 1 aliphatic rings. The Balaban J connectivity index is 0.000000378. The van der Waals surface area contributed by atoms with E-state index < -0.39 is 0 Å². The number of aryl methyl sites for hydroxylation is 3. The molecule has 1 aromatic heterocycles. The average molecular weight is 641 g/mol. The van der Waals surface area contributed by atoms with Gasteiger partial charge in [0.2, 0.25) is 0 Å². The second-order valence-electron chi connectivity index (χ2n) is 8.76. The predicted molar refractivity (Wildman–Crippen MR) is 136 cm³/mol. The zero-order chi connectivity index (χ0) is 24.6. The van der Waals surface area contributed by atoms with Gasteiger partial charge < -0.3 is 5.11 Å². The fourth-order valence-corrected chi connectivity index (χ4v) is 4.42. The molecule has 1 radical (unpaired) electrons. The number of fused-ring (bicyclic) bond motifs is 5. The van der Waals surface area contributed by atoms with Crippen LogP contribution in [0.3, 0.4) is 0 Å². The molecule has 0 saturated heterocycles. The quantitative estimate of drug-likeness (QED) is 0.130. The number of pyridine rings is 1. The maximum atomic E-state index is 13.4. The molecule has 1 aliphatic carbocycles. The average Bonchev–Trinajstić information content (AvgIpc) is 3.04. The Hall–Kier alpha value is -3.40. The number of aliphatic hydroxyl groups excluding tert-OH is 1. The third-order valence-corrected chi connectivity index (χ3v) is 5.62. The van der Waals surface area contributed by atoms with E-state index in [2.05, 4.69) is 43.3 Å². The topological polar surface area (TPSA) is 67.3 Å². The molecule has 0 saturated carbocycles. The monoisotopic (exact) mass is 641 g/mol. The number of aromatic nitrogens is 1. The number of rotatable bonds is 2. The first kappa shape index (κ1) is 26.2. The van der Waals surface area contributed by atoms with Crippen LogP contribution in [-0.2, 0) is 24.9 Å². The first-order chi connectivity index (χ1) is 16.2. The first-order valence-electron chi connectivity index (χ1n) is 11.1. The van der Waals surface area contributed by atoms with Gasteiger partial charge in [0.1, 0.15) is 0 Å². The molecule has 1 N–H and O–H groups in total. The molecule has 179 valence electrons. The predicted octanol–water partition coefficient (Wildman–Crippen LogP) is 6.87. The minimum atomic E-state index is -0.125.